The summed E-state index contributed by atoms with van der Waals surface area (Å²) in [6.07, 6.45) is 6.63. The number of unbranched alkanes of at least 4 members (excludes halogenated alkanes) is 3. The summed E-state index contributed by atoms with van der Waals surface area (Å²) >= 11 is 0. The second-order valence-corrected chi connectivity index (χ2v) is 4.60. The van der Waals surface area contributed by atoms with Crippen molar-refractivity contribution >= 4 is 17.5 Å². The third-order valence-corrected chi connectivity index (χ3v) is 2.82. The molecule has 20 heavy (non-hydrogen) atoms. The summed E-state index contributed by atoms with van der Waals surface area (Å²) in [6, 6.07) is 0. The van der Waals surface area contributed by atoms with Gasteiger partial charge in [-0.05, 0) is 12.8 Å². The summed E-state index contributed by atoms with van der Waals surface area (Å²) in [6.45, 7) is 5.61. The largest absolute Gasteiger partial charge is 0.364 e. The number of nitro groups is 1. The third-order valence-electron chi connectivity index (χ3n) is 2.82. The van der Waals surface area contributed by atoms with Gasteiger partial charge in [0.1, 0.15) is 6.20 Å². The Morgan fingerprint density at radius 1 is 1.15 bits per heavy atom. The molecule has 0 spiro atoms. The second-order valence-electron chi connectivity index (χ2n) is 4.60. The molecule has 0 amide bonds. The highest BCUT2D eigenvalue weighted by molar-refractivity contribution is 5.56. The van der Waals surface area contributed by atoms with E-state index in [9.17, 15) is 10.1 Å². The first-order chi connectivity index (χ1) is 9.69. The lowest BCUT2D eigenvalue weighted by Gasteiger charge is -2.08. The lowest BCUT2D eigenvalue weighted by molar-refractivity contribution is -0.384. The van der Waals surface area contributed by atoms with Gasteiger partial charge in [0.2, 0.25) is 11.8 Å². The van der Waals surface area contributed by atoms with E-state index in [4.69, 9.17) is 0 Å². The van der Waals surface area contributed by atoms with E-state index in [-0.39, 0.29) is 5.69 Å². The topological polar surface area (TPSA) is 93.0 Å². The van der Waals surface area contributed by atoms with Crippen molar-refractivity contribution in [3.63, 3.8) is 0 Å². The molecule has 7 heteroatoms. The number of hydrogen-bond donors (Lipinski definition) is 2. The molecule has 1 aromatic heterocycles. The molecule has 0 radical (unpaired) electrons. The van der Waals surface area contributed by atoms with Crippen molar-refractivity contribution in [3.8, 4) is 0 Å². The minimum atomic E-state index is -0.460. The molecule has 0 aliphatic rings. The van der Waals surface area contributed by atoms with Crippen molar-refractivity contribution < 1.29 is 4.92 Å². The van der Waals surface area contributed by atoms with Crippen LogP contribution >= 0.6 is 0 Å². The molecule has 0 aliphatic heterocycles. The molecule has 0 fully saturated rings. The highest BCUT2D eigenvalue weighted by atomic mass is 16.6. The van der Waals surface area contributed by atoms with Gasteiger partial charge in [-0.15, -0.1) is 0 Å². The van der Waals surface area contributed by atoms with E-state index in [1.54, 1.807) is 0 Å². The summed E-state index contributed by atoms with van der Waals surface area (Å²) in [5, 5.41) is 17.0. The van der Waals surface area contributed by atoms with Crippen molar-refractivity contribution in [2.24, 2.45) is 0 Å². The zero-order chi connectivity index (χ0) is 14.8. The number of aromatic nitrogens is 2. The fourth-order valence-corrected chi connectivity index (χ4v) is 1.72. The van der Waals surface area contributed by atoms with Gasteiger partial charge in [0.25, 0.3) is 0 Å². The van der Waals surface area contributed by atoms with E-state index < -0.39 is 4.92 Å². The Morgan fingerprint density at radius 3 is 2.60 bits per heavy atom. The molecule has 0 saturated heterocycles. The number of nitrogens with zero attached hydrogens (tertiary/aromatic N) is 3. The van der Waals surface area contributed by atoms with Gasteiger partial charge in [-0.1, -0.05) is 33.1 Å². The van der Waals surface area contributed by atoms with Crippen molar-refractivity contribution in [2.45, 2.75) is 46.0 Å². The molecule has 0 unspecified atom stereocenters. The second kappa shape index (κ2) is 9.06. The number of nitrogens with one attached hydrogen (secondary N) is 2. The molecular formula is C13H23N5O2. The van der Waals surface area contributed by atoms with E-state index in [2.05, 4.69) is 27.5 Å². The maximum Gasteiger partial charge on any atom is 0.329 e. The van der Waals surface area contributed by atoms with Crippen LogP contribution in [0.1, 0.15) is 46.0 Å². The normalized spacial score (nSPS) is 10.3. The molecule has 0 aromatic carbocycles. The van der Waals surface area contributed by atoms with Crippen LogP contribution in [0.5, 0.6) is 0 Å². The Kier molecular flexibility index (Phi) is 7.31. The van der Waals surface area contributed by atoms with Crippen LogP contribution in [0.15, 0.2) is 6.20 Å². The van der Waals surface area contributed by atoms with Gasteiger partial charge in [-0.3, -0.25) is 10.1 Å². The Bertz CT molecular complexity index is 425. The average molecular weight is 281 g/mol. The lowest BCUT2D eigenvalue weighted by atomic mass is 10.2. The van der Waals surface area contributed by atoms with Crippen LogP contribution in [0.2, 0.25) is 0 Å². The molecule has 112 valence electrons. The molecule has 0 aliphatic carbocycles. The van der Waals surface area contributed by atoms with Crippen LogP contribution in [-0.4, -0.2) is 28.0 Å². The van der Waals surface area contributed by atoms with Gasteiger partial charge in [-0.25, -0.2) is 4.98 Å². The molecule has 0 atom stereocenters. The Labute approximate surface area is 119 Å². The van der Waals surface area contributed by atoms with Gasteiger partial charge in [0.05, 0.1) is 4.92 Å². The minimum Gasteiger partial charge on any atom is -0.364 e. The quantitative estimate of drug-likeness (QED) is 0.388. The molecular weight excluding hydrogens is 258 g/mol. The molecule has 0 bridgehead atoms. The van der Waals surface area contributed by atoms with Crippen LogP contribution < -0.4 is 10.6 Å². The van der Waals surface area contributed by atoms with Gasteiger partial charge in [0.15, 0.2) is 0 Å². The Hall–Kier alpha value is -1.92. The number of hydrogen-bond acceptors (Lipinski definition) is 6. The first-order valence-corrected chi connectivity index (χ1v) is 7.18. The SMILES string of the molecule is CCCCCCNc1nc(NCCC)ncc1[N+](=O)[O-]. The molecule has 7 nitrogen and oxygen atoms in total. The van der Waals surface area contributed by atoms with E-state index in [0.29, 0.717) is 18.3 Å². The standard InChI is InChI=1S/C13H23N5O2/c1-3-5-6-7-9-14-12-11(18(19)20)10-16-13(17-12)15-8-4-2/h10H,3-9H2,1-2H3,(H2,14,15,16,17). The first-order valence-electron chi connectivity index (χ1n) is 7.18. The third kappa shape index (κ3) is 5.38. The highest BCUT2D eigenvalue weighted by Gasteiger charge is 2.16. The van der Waals surface area contributed by atoms with E-state index >= 15 is 0 Å². The first kappa shape index (κ1) is 16.1. The summed E-state index contributed by atoms with van der Waals surface area (Å²) in [7, 11) is 0. The predicted octanol–water partition coefficient (Wildman–Crippen LogP) is 3.20. The van der Waals surface area contributed by atoms with Crippen molar-refractivity contribution in [2.75, 3.05) is 23.7 Å². The van der Waals surface area contributed by atoms with Crippen molar-refractivity contribution in [3.05, 3.63) is 16.3 Å². The zero-order valence-corrected chi connectivity index (χ0v) is 12.2. The fraction of sp³-hybridized carbons (Fsp3) is 0.692. The zero-order valence-electron chi connectivity index (χ0n) is 12.2. The molecule has 1 rings (SSSR count). The van der Waals surface area contributed by atoms with Crippen LogP contribution in [0.25, 0.3) is 0 Å². The molecule has 2 N–H and O–H groups in total. The number of anilines is 2. The summed E-state index contributed by atoms with van der Waals surface area (Å²) in [4.78, 5) is 18.6. The van der Waals surface area contributed by atoms with Gasteiger partial charge < -0.3 is 10.6 Å². The van der Waals surface area contributed by atoms with E-state index in [0.717, 1.165) is 25.8 Å². The van der Waals surface area contributed by atoms with Crippen LogP contribution in [0.4, 0.5) is 17.5 Å². The molecule has 0 saturated carbocycles. The lowest BCUT2D eigenvalue weighted by Crippen LogP contribution is -2.10. The van der Waals surface area contributed by atoms with Gasteiger partial charge >= 0.3 is 5.69 Å². The predicted molar refractivity (Wildman–Crippen MR) is 80.1 cm³/mol. The van der Waals surface area contributed by atoms with E-state index in [1.807, 2.05) is 6.92 Å². The van der Waals surface area contributed by atoms with Crippen LogP contribution in [0, 0.1) is 10.1 Å². The summed E-state index contributed by atoms with van der Waals surface area (Å²) in [5.74, 6) is 0.716. The maximum absolute atomic E-state index is 10.9. The van der Waals surface area contributed by atoms with E-state index in [1.165, 1.54) is 19.0 Å². The average Bonchev–Trinajstić information content (AvgIpc) is 2.44. The van der Waals surface area contributed by atoms with Gasteiger partial charge in [-0.2, -0.15) is 4.98 Å². The fourth-order valence-electron chi connectivity index (χ4n) is 1.72. The van der Waals surface area contributed by atoms with Crippen molar-refractivity contribution in [1.29, 1.82) is 0 Å². The monoisotopic (exact) mass is 281 g/mol. The molecule has 1 aromatic rings. The Balaban J connectivity index is 2.65. The van der Waals surface area contributed by atoms with Crippen molar-refractivity contribution in [1.82, 2.24) is 9.97 Å². The highest BCUT2D eigenvalue weighted by Crippen LogP contribution is 2.22. The molecule has 1 heterocycles. The number of rotatable bonds is 10. The maximum atomic E-state index is 10.9. The summed E-state index contributed by atoms with van der Waals surface area (Å²) < 4.78 is 0. The summed E-state index contributed by atoms with van der Waals surface area (Å²) in [5.41, 5.74) is -0.0810. The smallest absolute Gasteiger partial charge is 0.329 e. The van der Waals surface area contributed by atoms with Crippen LogP contribution in [-0.2, 0) is 0 Å². The minimum absolute atomic E-state index is 0.0810. The van der Waals surface area contributed by atoms with Crippen LogP contribution in [0.3, 0.4) is 0 Å². The van der Waals surface area contributed by atoms with Gasteiger partial charge in [0, 0.05) is 13.1 Å². The Morgan fingerprint density at radius 2 is 1.95 bits per heavy atom.